The number of benzene rings is 2. The van der Waals surface area contributed by atoms with Crippen LogP contribution in [0, 0.1) is 0 Å². The highest BCUT2D eigenvalue weighted by Gasteiger charge is 2.05. The number of hydrogen-bond acceptors (Lipinski definition) is 4. The van der Waals surface area contributed by atoms with Crippen LogP contribution in [0.1, 0.15) is 0 Å². The fourth-order valence-electron chi connectivity index (χ4n) is 2.14. The standard InChI is InChI=1S/C18H15NO3/c1-21-16-9-7-13(8-10-16)17-11-15(12-18(20)22-17)19-14-5-3-2-4-6-14/h2-12,19H,1H3. The largest absolute Gasteiger partial charge is 0.497 e. The smallest absolute Gasteiger partial charge is 0.338 e. The number of ether oxygens (including phenoxy) is 1. The molecule has 0 aliphatic rings. The molecule has 0 radical (unpaired) electrons. The van der Waals surface area contributed by atoms with Gasteiger partial charge in [0.15, 0.2) is 0 Å². The molecule has 0 unspecified atom stereocenters. The third-order valence-electron chi connectivity index (χ3n) is 3.21. The topological polar surface area (TPSA) is 51.5 Å². The van der Waals surface area contributed by atoms with Gasteiger partial charge >= 0.3 is 5.63 Å². The predicted molar refractivity (Wildman–Crippen MR) is 86.7 cm³/mol. The number of methoxy groups -OCH3 is 1. The van der Waals surface area contributed by atoms with Crippen LogP contribution in [0.15, 0.2) is 75.9 Å². The molecular formula is C18H15NO3. The van der Waals surface area contributed by atoms with Gasteiger partial charge in [0.05, 0.1) is 7.11 Å². The molecule has 0 saturated carbocycles. The van der Waals surface area contributed by atoms with Crippen molar-refractivity contribution in [2.45, 2.75) is 0 Å². The van der Waals surface area contributed by atoms with Crippen LogP contribution < -0.4 is 15.7 Å². The summed E-state index contributed by atoms with van der Waals surface area (Å²) in [5.41, 5.74) is 2.02. The summed E-state index contributed by atoms with van der Waals surface area (Å²) >= 11 is 0. The first kappa shape index (κ1) is 13.9. The summed E-state index contributed by atoms with van der Waals surface area (Å²) in [6.45, 7) is 0. The van der Waals surface area contributed by atoms with Gasteiger partial charge in [0.25, 0.3) is 0 Å². The molecule has 0 aliphatic carbocycles. The third kappa shape index (κ3) is 3.17. The zero-order chi connectivity index (χ0) is 15.4. The molecule has 1 N–H and O–H groups in total. The molecular weight excluding hydrogens is 278 g/mol. The maximum Gasteiger partial charge on any atom is 0.338 e. The summed E-state index contributed by atoms with van der Waals surface area (Å²) < 4.78 is 10.4. The molecule has 0 bridgehead atoms. The Labute approximate surface area is 128 Å². The van der Waals surface area contributed by atoms with Crippen molar-refractivity contribution in [1.29, 1.82) is 0 Å². The van der Waals surface area contributed by atoms with Crippen LogP contribution in [0.4, 0.5) is 11.4 Å². The van der Waals surface area contributed by atoms with E-state index >= 15 is 0 Å². The van der Waals surface area contributed by atoms with Crippen LogP contribution in [0.3, 0.4) is 0 Å². The SMILES string of the molecule is COc1ccc(-c2cc(Nc3ccccc3)cc(=O)o2)cc1. The van der Waals surface area contributed by atoms with E-state index in [1.807, 2.05) is 54.6 Å². The average Bonchev–Trinajstić information content (AvgIpc) is 2.55. The van der Waals surface area contributed by atoms with Crippen LogP contribution in [-0.4, -0.2) is 7.11 Å². The minimum atomic E-state index is -0.397. The summed E-state index contributed by atoms with van der Waals surface area (Å²) in [6.07, 6.45) is 0. The quantitative estimate of drug-likeness (QED) is 0.788. The molecule has 1 aromatic heterocycles. The van der Waals surface area contributed by atoms with Gasteiger partial charge in [-0.05, 0) is 36.4 Å². The second-order valence-corrected chi connectivity index (χ2v) is 4.75. The van der Waals surface area contributed by atoms with Gasteiger partial charge in [-0.15, -0.1) is 0 Å². The fourth-order valence-corrected chi connectivity index (χ4v) is 2.14. The second-order valence-electron chi connectivity index (χ2n) is 4.75. The molecule has 0 amide bonds. The van der Waals surface area contributed by atoms with E-state index in [9.17, 15) is 4.79 Å². The van der Waals surface area contributed by atoms with E-state index < -0.39 is 5.63 Å². The zero-order valence-electron chi connectivity index (χ0n) is 12.1. The van der Waals surface area contributed by atoms with Gasteiger partial charge in [0, 0.05) is 29.1 Å². The molecule has 2 aromatic carbocycles. The Morgan fingerprint density at radius 1 is 0.909 bits per heavy atom. The highest BCUT2D eigenvalue weighted by atomic mass is 16.5. The highest BCUT2D eigenvalue weighted by molar-refractivity contribution is 5.66. The van der Waals surface area contributed by atoms with Crippen molar-refractivity contribution in [2.24, 2.45) is 0 Å². The predicted octanol–water partition coefficient (Wildman–Crippen LogP) is 4.06. The van der Waals surface area contributed by atoms with Gasteiger partial charge in [-0.3, -0.25) is 0 Å². The van der Waals surface area contributed by atoms with Crippen molar-refractivity contribution in [1.82, 2.24) is 0 Å². The van der Waals surface area contributed by atoms with Gasteiger partial charge in [0.1, 0.15) is 11.5 Å². The van der Waals surface area contributed by atoms with Crippen molar-refractivity contribution < 1.29 is 9.15 Å². The molecule has 1 heterocycles. The van der Waals surface area contributed by atoms with E-state index in [1.165, 1.54) is 6.07 Å². The van der Waals surface area contributed by atoms with Crippen molar-refractivity contribution in [3.05, 3.63) is 77.2 Å². The lowest BCUT2D eigenvalue weighted by Crippen LogP contribution is -2.01. The summed E-state index contributed by atoms with van der Waals surface area (Å²) in [5, 5.41) is 3.19. The lowest BCUT2D eigenvalue weighted by molar-refractivity contribution is 0.415. The molecule has 0 fully saturated rings. The van der Waals surface area contributed by atoms with E-state index in [0.29, 0.717) is 11.4 Å². The number of para-hydroxylation sites is 1. The monoisotopic (exact) mass is 293 g/mol. The molecule has 0 spiro atoms. The number of hydrogen-bond donors (Lipinski definition) is 1. The van der Waals surface area contributed by atoms with Crippen LogP contribution in [-0.2, 0) is 0 Å². The Bertz CT molecular complexity index is 808. The summed E-state index contributed by atoms with van der Waals surface area (Å²) in [4.78, 5) is 11.8. The van der Waals surface area contributed by atoms with E-state index in [0.717, 1.165) is 17.0 Å². The molecule has 3 aromatic rings. The first-order valence-corrected chi connectivity index (χ1v) is 6.86. The lowest BCUT2D eigenvalue weighted by Gasteiger charge is -2.08. The summed E-state index contributed by atoms with van der Waals surface area (Å²) in [5.74, 6) is 1.26. The minimum absolute atomic E-state index is 0.397. The Morgan fingerprint density at radius 2 is 1.64 bits per heavy atom. The van der Waals surface area contributed by atoms with E-state index in [1.54, 1.807) is 13.2 Å². The van der Waals surface area contributed by atoms with Crippen LogP contribution >= 0.6 is 0 Å². The fraction of sp³-hybridized carbons (Fsp3) is 0.0556. The number of nitrogens with one attached hydrogen (secondary N) is 1. The molecule has 22 heavy (non-hydrogen) atoms. The first-order chi connectivity index (χ1) is 10.7. The number of rotatable bonds is 4. The van der Waals surface area contributed by atoms with Gasteiger partial charge in [-0.25, -0.2) is 4.79 Å². The number of anilines is 2. The molecule has 0 aliphatic heterocycles. The Balaban J connectivity index is 1.93. The van der Waals surface area contributed by atoms with Crippen molar-refractivity contribution in [3.8, 4) is 17.1 Å². The van der Waals surface area contributed by atoms with Gasteiger partial charge < -0.3 is 14.5 Å². The van der Waals surface area contributed by atoms with Gasteiger partial charge in [-0.1, -0.05) is 18.2 Å². The Hall–Kier alpha value is -3.01. The van der Waals surface area contributed by atoms with Gasteiger partial charge in [0.2, 0.25) is 0 Å². The molecule has 0 atom stereocenters. The summed E-state index contributed by atoms with van der Waals surface area (Å²) in [7, 11) is 1.61. The zero-order valence-corrected chi connectivity index (χ0v) is 12.1. The minimum Gasteiger partial charge on any atom is -0.497 e. The average molecular weight is 293 g/mol. The van der Waals surface area contributed by atoms with E-state index in [4.69, 9.17) is 9.15 Å². The second kappa shape index (κ2) is 6.18. The Morgan fingerprint density at radius 3 is 2.32 bits per heavy atom. The van der Waals surface area contributed by atoms with E-state index in [-0.39, 0.29) is 0 Å². The molecule has 110 valence electrons. The molecule has 4 nitrogen and oxygen atoms in total. The first-order valence-electron chi connectivity index (χ1n) is 6.86. The van der Waals surface area contributed by atoms with Crippen LogP contribution in [0.25, 0.3) is 11.3 Å². The van der Waals surface area contributed by atoms with E-state index in [2.05, 4.69) is 5.32 Å². The van der Waals surface area contributed by atoms with Crippen LogP contribution in [0.5, 0.6) is 5.75 Å². The van der Waals surface area contributed by atoms with Crippen LogP contribution in [0.2, 0.25) is 0 Å². The highest BCUT2D eigenvalue weighted by Crippen LogP contribution is 2.24. The third-order valence-corrected chi connectivity index (χ3v) is 3.21. The van der Waals surface area contributed by atoms with Gasteiger partial charge in [-0.2, -0.15) is 0 Å². The molecule has 4 heteroatoms. The lowest BCUT2D eigenvalue weighted by atomic mass is 10.1. The Kier molecular flexibility index (Phi) is 3.92. The van der Waals surface area contributed by atoms with Crippen molar-refractivity contribution in [3.63, 3.8) is 0 Å². The molecule has 0 saturated heterocycles. The normalized spacial score (nSPS) is 10.2. The van der Waals surface area contributed by atoms with Crippen molar-refractivity contribution >= 4 is 11.4 Å². The molecule has 3 rings (SSSR count). The summed E-state index contributed by atoms with van der Waals surface area (Å²) in [6, 6.07) is 20.2. The van der Waals surface area contributed by atoms with Crippen molar-refractivity contribution in [2.75, 3.05) is 12.4 Å². The maximum absolute atomic E-state index is 11.8. The maximum atomic E-state index is 11.8.